The van der Waals surface area contributed by atoms with Gasteiger partial charge in [0.15, 0.2) is 0 Å². The average Bonchev–Trinajstić information content (AvgIpc) is 2.22. The standard InChI is InChI=1S/C13H30N2/c1-6-7-8-9-13(10-14)15(5)12(4)11(2)3/h11-13H,6-10,14H2,1-5H3. The Morgan fingerprint density at radius 1 is 1.13 bits per heavy atom. The van der Waals surface area contributed by atoms with Crippen LogP contribution >= 0.6 is 0 Å². The summed E-state index contributed by atoms with van der Waals surface area (Å²) in [4.78, 5) is 2.46. The molecule has 2 atom stereocenters. The van der Waals surface area contributed by atoms with Crippen molar-refractivity contribution < 1.29 is 0 Å². The van der Waals surface area contributed by atoms with Gasteiger partial charge in [-0.1, -0.05) is 40.0 Å². The second-order valence-electron chi connectivity index (χ2n) is 5.04. The third kappa shape index (κ3) is 5.53. The number of hydrogen-bond acceptors (Lipinski definition) is 2. The molecule has 0 aromatic heterocycles. The van der Waals surface area contributed by atoms with E-state index in [0.29, 0.717) is 18.0 Å². The van der Waals surface area contributed by atoms with Crippen LogP contribution in [0.5, 0.6) is 0 Å². The van der Waals surface area contributed by atoms with E-state index in [9.17, 15) is 0 Å². The van der Waals surface area contributed by atoms with Crippen LogP contribution in [0.4, 0.5) is 0 Å². The van der Waals surface area contributed by atoms with E-state index in [4.69, 9.17) is 5.73 Å². The molecule has 0 aliphatic carbocycles. The maximum absolute atomic E-state index is 5.85. The highest BCUT2D eigenvalue weighted by atomic mass is 15.2. The summed E-state index contributed by atoms with van der Waals surface area (Å²) < 4.78 is 0. The molecule has 0 saturated carbocycles. The summed E-state index contributed by atoms with van der Waals surface area (Å²) in [5.41, 5.74) is 5.85. The lowest BCUT2D eigenvalue weighted by atomic mass is 10.0. The maximum atomic E-state index is 5.85. The predicted molar refractivity (Wildman–Crippen MR) is 69.0 cm³/mol. The summed E-state index contributed by atoms with van der Waals surface area (Å²) in [6, 6.07) is 1.19. The largest absolute Gasteiger partial charge is 0.329 e. The Balaban J connectivity index is 4.03. The third-order valence-electron chi connectivity index (χ3n) is 3.60. The zero-order chi connectivity index (χ0) is 11.8. The molecule has 0 rings (SSSR count). The Hall–Kier alpha value is -0.0800. The summed E-state index contributed by atoms with van der Waals surface area (Å²) >= 11 is 0. The van der Waals surface area contributed by atoms with Gasteiger partial charge in [-0.05, 0) is 26.3 Å². The molecular weight excluding hydrogens is 184 g/mol. The number of nitrogens with two attached hydrogens (primary N) is 1. The van der Waals surface area contributed by atoms with E-state index >= 15 is 0 Å². The van der Waals surface area contributed by atoms with Crippen molar-refractivity contribution in [2.45, 2.75) is 65.5 Å². The first-order chi connectivity index (χ1) is 7.04. The zero-order valence-corrected chi connectivity index (χ0v) is 11.3. The van der Waals surface area contributed by atoms with Crippen molar-refractivity contribution in [2.24, 2.45) is 11.7 Å². The van der Waals surface area contributed by atoms with Gasteiger partial charge >= 0.3 is 0 Å². The van der Waals surface area contributed by atoms with Gasteiger partial charge in [0.25, 0.3) is 0 Å². The molecule has 92 valence electrons. The van der Waals surface area contributed by atoms with E-state index in [1.165, 1.54) is 25.7 Å². The van der Waals surface area contributed by atoms with Crippen molar-refractivity contribution in [3.8, 4) is 0 Å². The Kier molecular flexibility index (Phi) is 8.07. The van der Waals surface area contributed by atoms with Crippen LogP contribution in [-0.4, -0.2) is 30.6 Å². The molecule has 0 aromatic carbocycles. The van der Waals surface area contributed by atoms with Crippen LogP contribution in [0.2, 0.25) is 0 Å². The summed E-state index contributed by atoms with van der Waals surface area (Å²) in [5.74, 6) is 0.704. The fourth-order valence-corrected chi connectivity index (χ4v) is 1.92. The second-order valence-corrected chi connectivity index (χ2v) is 5.04. The van der Waals surface area contributed by atoms with Gasteiger partial charge < -0.3 is 5.73 Å². The van der Waals surface area contributed by atoms with Crippen molar-refractivity contribution in [3.05, 3.63) is 0 Å². The van der Waals surface area contributed by atoms with Gasteiger partial charge in [-0.2, -0.15) is 0 Å². The summed E-state index contributed by atoms with van der Waals surface area (Å²) in [5, 5.41) is 0. The van der Waals surface area contributed by atoms with E-state index in [2.05, 4.69) is 39.6 Å². The van der Waals surface area contributed by atoms with Crippen molar-refractivity contribution in [1.82, 2.24) is 4.90 Å². The summed E-state index contributed by atoms with van der Waals surface area (Å²) in [6.45, 7) is 9.89. The van der Waals surface area contributed by atoms with E-state index in [1.54, 1.807) is 0 Å². The van der Waals surface area contributed by atoms with E-state index in [0.717, 1.165) is 6.54 Å². The highest BCUT2D eigenvalue weighted by molar-refractivity contribution is 4.76. The van der Waals surface area contributed by atoms with Gasteiger partial charge in [0, 0.05) is 18.6 Å². The first-order valence-corrected chi connectivity index (χ1v) is 6.46. The van der Waals surface area contributed by atoms with Crippen molar-refractivity contribution in [2.75, 3.05) is 13.6 Å². The van der Waals surface area contributed by atoms with Crippen LogP contribution in [0.25, 0.3) is 0 Å². The molecule has 0 radical (unpaired) electrons. The third-order valence-corrected chi connectivity index (χ3v) is 3.60. The van der Waals surface area contributed by atoms with E-state index < -0.39 is 0 Å². The maximum Gasteiger partial charge on any atom is 0.0218 e. The first kappa shape index (κ1) is 14.9. The molecule has 2 N–H and O–H groups in total. The molecule has 15 heavy (non-hydrogen) atoms. The Morgan fingerprint density at radius 3 is 2.13 bits per heavy atom. The normalized spacial score (nSPS) is 16.0. The molecule has 0 amide bonds. The molecule has 0 aliphatic heterocycles. The molecule has 0 bridgehead atoms. The predicted octanol–water partition coefficient (Wildman–Crippen LogP) is 2.87. The minimum absolute atomic E-state index is 0.564. The number of likely N-dealkylation sites (N-methyl/N-ethyl adjacent to an activating group) is 1. The average molecular weight is 214 g/mol. The molecular formula is C13H30N2. The molecule has 2 nitrogen and oxygen atoms in total. The molecule has 2 heteroatoms. The molecule has 2 unspecified atom stereocenters. The topological polar surface area (TPSA) is 29.3 Å². The SMILES string of the molecule is CCCCCC(CN)N(C)C(C)C(C)C. The summed E-state index contributed by atoms with van der Waals surface area (Å²) in [7, 11) is 2.22. The van der Waals surface area contributed by atoms with Crippen molar-refractivity contribution in [1.29, 1.82) is 0 Å². The minimum atomic E-state index is 0.564. The first-order valence-electron chi connectivity index (χ1n) is 6.46. The van der Waals surface area contributed by atoms with Crippen LogP contribution in [0.15, 0.2) is 0 Å². The molecule has 0 fully saturated rings. The molecule has 0 aromatic rings. The number of hydrogen-bond donors (Lipinski definition) is 1. The molecule has 0 spiro atoms. The fraction of sp³-hybridized carbons (Fsp3) is 1.00. The Morgan fingerprint density at radius 2 is 1.73 bits per heavy atom. The highest BCUT2D eigenvalue weighted by Crippen LogP contribution is 2.15. The van der Waals surface area contributed by atoms with Crippen molar-refractivity contribution >= 4 is 0 Å². The Bertz CT molecular complexity index is 145. The second kappa shape index (κ2) is 8.12. The van der Waals surface area contributed by atoms with Gasteiger partial charge in [0.2, 0.25) is 0 Å². The van der Waals surface area contributed by atoms with Crippen LogP contribution < -0.4 is 5.73 Å². The number of rotatable bonds is 8. The van der Waals surface area contributed by atoms with E-state index in [1.807, 2.05) is 0 Å². The lowest BCUT2D eigenvalue weighted by Crippen LogP contribution is -2.45. The van der Waals surface area contributed by atoms with E-state index in [-0.39, 0.29) is 0 Å². The van der Waals surface area contributed by atoms with Gasteiger partial charge in [0.05, 0.1) is 0 Å². The Labute approximate surface area is 96.2 Å². The molecule has 0 saturated heterocycles. The van der Waals surface area contributed by atoms with Gasteiger partial charge in [0.1, 0.15) is 0 Å². The lowest BCUT2D eigenvalue weighted by Gasteiger charge is -2.34. The van der Waals surface area contributed by atoms with Crippen molar-refractivity contribution in [3.63, 3.8) is 0 Å². The van der Waals surface area contributed by atoms with Crippen LogP contribution in [0, 0.1) is 5.92 Å². The number of nitrogens with zero attached hydrogens (tertiary/aromatic N) is 1. The van der Waals surface area contributed by atoms with Gasteiger partial charge in [-0.3, -0.25) is 4.90 Å². The van der Waals surface area contributed by atoms with Crippen LogP contribution in [0.3, 0.4) is 0 Å². The smallest absolute Gasteiger partial charge is 0.0218 e. The number of unbranched alkanes of at least 4 members (excludes halogenated alkanes) is 2. The zero-order valence-electron chi connectivity index (χ0n) is 11.3. The summed E-state index contributed by atoms with van der Waals surface area (Å²) in [6.07, 6.45) is 5.19. The van der Waals surface area contributed by atoms with Crippen LogP contribution in [0.1, 0.15) is 53.4 Å². The van der Waals surface area contributed by atoms with Gasteiger partial charge in [-0.25, -0.2) is 0 Å². The van der Waals surface area contributed by atoms with Gasteiger partial charge in [-0.15, -0.1) is 0 Å². The quantitative estimate of drug-likeness (QED) is 0.630. The monoisotopic (exact) mass is 214 g/mol. The molecule has 0 aliphatic rings. The fourth-order valence-electron chi connectivity index (χ4n) is 1.92. The highest BCUT2D eigenvalue weighted by Gasteiger charge is 2.20. The lowest BCUT2D eigenvalue weighted by molar-refractivity contribution is 0.142. The molecule has 0 heterocycles. The minimum Gasteiger partial charge on any atom is -0.329 e. The van der Waals surface area contributed by atoms with Crippen LogP contribution in [-0.2, 0) is 0 Å².